The summed E-state index contributed by atoms with van der Waals surface area (Å²) >= 11 is 0. The van der Waals surface area contributed by atoms with E-state index in [1.54, 1.807) is 24.3 Å². The number of esters is 1. The lowest BCUT2D eigenvalue weighted by Gasteiger charge is -2.27. The van der Waals surface area contributed by atoms with Gasteiger partial charge in [-0.1, -0.05) is 78.4 Å². The molecule has 3 aromatic rings. The Kier molecular flexibility index (Phi) is 6.27. The van der Waals surface area contributed by atoms with Crippen LogP contribution in [0.3, 0.4) is 0 Å². The van der Waals surface area contributed by atoms with E-state index >= 15 is 0 Å². The third kappa shape index (κ3) is 4.26. The number of aryl methyl sites for hydroxylation is 3. The zero-order valence-corrected chi connectivity index (χ0v) is 20.0. The average molecular weight is 461 g/mol. The Hall–Kier alpha value is -3.17. The molecule has 0 radical (unpaired) electrons. The molecule has 0 unspecified atom stereocenters. The third-order valence-electron chi connectivity index (χ3n) is 6.22. The third-order valence-corrected chi connectivity index (χ3v) is 10.1. The fourth-order valence-electron chi connectivity index (χ4n) is 4.50. The van der Waals surface area contributed by atoms with Gasteiger partial charge in [-0.3, -0.25) is 9.59 Å². The number of rotatable bonds is 7. The van der Waals surface area contributed by atoms with Crippen molar-refractivity contribution in [2.45, 2.75) is 38.8 Å². The molecule has 0 bridgehead atoms. The number of anilines is 1. The predicted molar refractivity (Wildman–Crippen MR) is 132 cm³/mol. The molecule has 0 aromatic heterocycles. The van der Waals surface area contributed by atoms with Crippen molar-refractivity contribution in [3.05, 3.63) is 89.5 Å². The average Bonchev–Trinajstić information content (AvgIpc) is 3.63. The Morgan fingerprint density at radius 2 is 1.36 bits per heavy atom. The number of hydrogen-bond acceptors (Lipinski definition) is 4. The van der Waals surface area contributed by atoms with Crippen molar-refractivity contribution in [2.24, 2.45) is 0 Å². The van der Waals surface area contributed by atoms with Crippen molar-refractivity contribution in [2.75, 3.05) is 11.9 Å². The van der Waals surface area contributed by atoms with Crippen LogP contribution < -0.4 is 15.9 Å². The lowest BCUT2D eigenvalue weighted by atomic mass is 10.1. The number of carbonyl (C=O) groups excluding carboxylic acids is 2. The minimum atomic E-state index is -3.33. The van der Waals surface area contributed by atoms with Gasteiger partial charge in [0.05, 0.1) is 0 Å². The molecule has 0 aliphatic heterocycles. The highest BCUT2D eigenvalue weighted by Crippen LogP contribution is 2.68. The van der Waals surface area contributed by atoms with Crippen LogP contribution in [0.25, 0.3) is 0 Å². The zero-order chi connectivity index (χ0) is 23.6. The molecular formula is C27H28NO4P. The normalized spacial score (nSPS) is 14.4. The monoisotopic (exact) mass is 461 g/mol. The molecule has 33 heavy (non-hydrogen) atoms. The van der Waals surface area contributed by atoms with Crippen molar-refractivity contribution in [1.29, 1.82) is 0 Å². The van der Waals surface area contributed by atoms with Gasteiger partial charge in [-0.15, -0.1) is 0 Å². The molecule has 6 heteroatoms. The smallest absolute Gasteiger partial charge is 0.320 e. The standard InChI is InChI=1S/C27H28NO4P/c1-19-16-20(2)25(21(3)17-19)28-24(29)18-32-26(30)27(14-15-27)33(31,22-10-6-4-7-11-22)23-12-8-5-9-13-23/h4-13,16-17H,14-15,18H2,1-3H3,(H,28,29). The van der Waals surface area contributed by atoms with Gasteiger partial charge in [-0.2, -0.15) is 0 Å². The van der Waals surface area contributed by atoms with Gasteiger partial charge < -0.3 is 14.6 Å². The molecule has 170 valence electrons. The Bertz CT molecular complexity index is 1170. The van der Waals surface area contributed by atoms with E-state index < -0.39 is 30.8 Å². The van der Waals surface area contributed by atoms with Crippen LogP contribution in [0.4, 0.5) is 5.69 Å². The molecule has 0 saturated heterocycles. The Labute approximate surface area is 194 Å². The Morgan fingerprint density at radius 3 is 1.82 bits per heavy atom. The van der Waals surface area contributed by atoms with Crippen LogP contribution in [0.15, 0.2) is 72.8 Å². The van der Waals surface area contributed by atoms with Crippen molar-refractivity contribution in [3.63, 3.8) is 0 Å². The van der Waals surface area contributed by atoms with E-state index in [1.165, 1.54) is 0 Å². The first kappa shape index (κ1) is 23.0. The summed E-state index contributed by atoms with van der Waals surface area (Å²) in [5.41, 5.74) is 3.73. The fourth-order valence-corrected chi connectivity index (χ4v) is 8.04. The van der Waals surface area contributed by atoms with Crippen LogP contribution in [-0.4, -0.2) is 23.6 Å². The van der Waals surface area contributed by atoms with Crippen LogP contribution in [0.5, 0.6) is 0 Å². The lowest BCUT2D eigenvalue weighted by Crippen LogP contribution is -2.36. The fraction of sp³-hybridized carbons (Fsp3) is 0.259. The number of amides is 1. The molecule has 1 fully saturated rings. The van der Waals surface area contributed by atoms with Crippen LogP contribution >= 0.6 is 7.14 Å². The molecule has 1 amide bonds. The molecule has 3 aromatic carbocycles. The Balaban J connectivity index is 1.55. The first-order valence-corrected chi connectivity index (χ1v) is 12.7. The molecule has 0 spiro atoms. The SMILES string of the molecule is Cc1cc(C)c(NC(=O)COC(=O)C2(P(=O)(c3ccccc3)c3ccccc3)CC2)c(C)c1. The topological polar surface area (TPSA) is 72.5 Å². The van der Waals surface area contributed by atoms with E-state index in [1.807, 2.05) is 69.3 Å². The van der Waals surface area contributed by atoms with Crippen LogP contribution in [0.1, 0.15) is 29.5 Å². The second-order valence-corrected chi connectivity index (χ2v) is 11.8. The summed E-state index contributed by atoms with van der Waals surface area (Å²) in [6, 6.07) is 22.2. The number of nitrogens with one attached hydrogen (secondary N) is 1. The van der Waals surface area contributed by atoms with Gasteiger partial charge in [0.2, 0.25) is 0 Å². The maximum Gasteiger partial charge on any atom is 0.320 e. The number of hydrogen-bond donors (Lipinski definition) is 1. The molecule has 5 nitrogen and oxygen atoms in total. The first-order chi connectivity index (χ1) is 15.8. The molecule has 0 heterocycles. The van der Waals surface area contributed by atoms with Gasteiger partial charge in [0.1, 0.15) is 5.16 Å². The predicted octanol–water partition coefficient (Wildman–Crippen LogP) is 4.64. The van der Waals surface area contributed by atoms with Gasteiger partial charge in [0, 0.05) is 16.3 Å². The quantitative estimate of drug-likeness (QED) is 0.411. The van der Waals surface area contributed by atoms with Crippen molar-refractivity contribution in [1.82, 2.24) is 0 Å². The summed E-state index contributed by atoms with van der Waals surface area (Å²) in [7, 11) is -3.33. The summed E-state index contributed by atoms with van der Waals surface area (Å²) < 4.78 is 20.1. The molecule has 4 rings (SSSR count). The minimum Gasteiger partial charge on any atom is -0.455 e. The lowest BCUT2D eigenvalue weighted by molar-refractivity contribution is -0.147. The summed E-state index contributed by atoms with van der Waals surface area (Å²) in [6.45, 7) is 5.44. The van der Waals surface area contributed by atoms with E-state index in [4.69, 9.17) is 4.74 Å². The second-order valence-electron chi connectivity index (χ2n) is 8.71. The molecule has 0 atom stereocenters. The highest BCUT2D eigenvalue weighted by atomic mass is 31.2. The number of ether oxygens (including phenoxy) is 1. The van der Waals surface area contributed by atoms with Gasteiger partial charge in [-0.25, -0.2) is 0 Å². The first-order valence-electron chi connectivity index (χ1n) is 11.0. The summed E-state index contributed by atoms with van der Waals surface area (Å²) in [6.07, 6.45) is 0.926. The summed E-state index contributed by atoms with van der Waals surface area (Å²) in [5, 5.41) is 2.97. The van der Waals surface area contributed by atoms with E-state index in [-0.39, 0.29) is 0 Å². The van der Waals surface area contributed by atoms with Crippen molar-refractivity contribution >= 4 is 35.3 Å². The van der Waals surface area contributed by atoms with E-state index in [9.17, 15) is 14.2 Å². The van der Waals surface area contributed by atoms with E-state index in [0.717, 1.165) is 22.4 Å². The van der Waals surface area contributed by atoms with Crippen molar-refractivity contribution in [3.8, 4) is 0 Å². The highest BCUT2D eigenvalue weighted by Gasteiger charge is 2.65. The molecular weight excluding hydrogens is 433 g/mol. The number of carbonyl (C=O) groups is 2. The van der Waals surface area contributed by atoms with Gasteiger partial charge in [0.25, 0.3) is 5.91 Å². The van der Waals surface area contributed by atoms with Crippen LogP contribution in [-0.2, 0) is 18.9 Å². The van der Waals surface area contributed by atoms with Gasteiger partial charge in [0.15, 0.2) is 13.7 Å². The van der Waals surface area contributed by atoms with Gasteiger partial charge in [-0.05, 0) is 44.7 Å². The van der Waals surface area contributed by atoms with Crippen LogP contribution in [0, 0.1) is 20.8 Å². The maximum absolute atomic E-state index is 14.6. The maximum atomic E-state index is 14.6. The summed E-state index contributed by atoms with van der Waals surface area (Å²) in [4.78, 5) is 25.9. The second kappa shape index (κ2) is 8.99. The van der Waals surface area contributed by atoms with Crippen molar-refractivity contribution < 1.29 is 18.9 Å². The molecule has 1 aliphatic rings. The van der Waals surface area contributed by atoms with E-state index in [2.05, 4.69) is 5.32 Å². The zero-order valence-electron chi connectivity index (χ0n) is 19.1. The minimum absolute atomic E-state index is 0.413. The van der Waals surface area contributed by atoms with Gasteiger partial charge >= 0.3 is 5.97 Å². The summed E-state index contributed by atoms with van der Waals surface area (Å²) in [5.74, 6) is -0.991. The molecule has 1 aliphatic carbocycles. The largest absolute Gasteiger partial charge is 0.455 e. The Morgan fingerprint density at radius 1 is 0.879 bits per heavy atom. The van der Waals surface area contributed by atoms with E-state index in [0.29, 0.717) is 23.5 Å². The number of benzene rings is 3. The molecule has 1 N–H and O–H groups in total. The molecule has 1 saturated carbocycles. The highest BCUT2D eigenvalue weighted by molar-refractivity contribution is 7.81. The van der Waals surface area contributed by atoms with Crippen LogP contribution in [0.2, 0.25) is 0 Å².